The van der Waals surface area contributed by atoms with Crippen molar-refractivity contribution in [3.8, 4) is 0 Å². The van der Waals surface area contributed by atoms with Crippen molar-refractivity contribution in [2.45, 2.75) is 31.7 Å². The average Bonchev–Trinajstić information content (AvgIpc) is 2.88. The minimum atomic E-state index is -0.510. The molecule has 1 aromatic rings. The molecule has 1 amide bonds. The van der Waals surface area contributed by atoms with Crippen molar-refractivity contribution in [1.29, 1.82) is 0 Å². The Bertz CT molecular complexity index is 410. The van der Waals surface area contributed by atoms with Crippen molar-refractivity contribution < 1.29 is 14.6 Å². The zero-order valence-corrected chi connectivity index (χ0v) is 11.4. The van der Waals surface area contributed by atoms with Crippen LogP contribution in [-0.2, 0) is 11.2 Å². The van der Waals surface area contributed by atoms with Crippen LogP contribution in [0.15, 0.2) is 11.4 Å². The van der Waals surface area contributed by atoms with Crippen molar-refractivity contribution in [3.05, 3.63) is 21.9 Å². The van der Waals surface area contributed by atoms with Gasteiger partial charge in [0.05, 0.1) is 17.0 Å². The monoisotopic (exact) mass is 269 g/mol. The molecule has 0 aliphatic carbocycles. The molecule has 4 nitrogen and oxygen atoms in total. The molecule has 0 radical (unpaired) electrons. The normalized spacial score (nSPS) is 18.6. The SMILES string of the molecule is CCc1ccsc1C(=O)NC1(CO)CCOCC1. The Kier molecular flexibility index (Phi) is 4.37. The van der Waals surface area contributed by atoms with E-state index in [4.69, 9.17) is 4.74 Å². The lowest BCUT2D eigenvalue weighted by atomic mass is 9.91. The van der Waals surface area contributed by atoms with Crippen molar-refractivity contribution in [1.82, 2.24) is 5.32 Å². The first-order chi connectivity index (χ1) is 8.71. The van der Waals surface area contributed by atoms with E-state index < -0.39 is 5.54 Å². The Morgan fingerprint density at radius 3 is 2.89 bits per heavy atom. The smallest absolute Gasteiger partial charge is 0.262 e. The summed E-state index contributed by atoms with van der Waals surface area (Å²) in [5, 5.41) is 14.5. The Morgan fingerprint density at radius 1 is 1.56 bits per heavy atom. The van der Waals surface area contributed by atoms with Crippen LogP contribution in [0.4, 0.5) is 0 Å². The molecule has 1 aliphatic rings. The molecule has 5 heteroatoms. The van der Waals surface area contributed by atoms with E-state index in [0.29, 0.717) is 26.1 Å². The van der Waals surface area contributed by atoms with Gasteiger partial charge in [-0.15, -0.1) is 11.3 Å². The van der Waals surface area contributed by atoms with E-state index in [-0.39, 0.29) is 12.5 Å². The molecule has 0 unspecified atom stereocenters. The van der Waals surface area contributed by atoms with Gasteiger partial charge in [-0.1, -0.05) is 6.92 Å². The molecule has 2 N–H and O–H groups in total. The Morgan fingerprint density at radius 2 is 2.28 bits per heavy atom. The summed E-state index contributed by atoms with van der Waals surface area (Å²) in [5.74, 6) is -0.0715. The lowest BCUT2D eigenvalue weighted by molar-refractivity contribution is 0.0126. The molecule has 18 heavy (non-hydrogen) atoms. The highest BCUT2D eigenvalue weighted by Gasteiger charge is 2.34. The molecule has 0 bridgehead atoms. The summed E-state index contributed by atoms with van der Waals surface area (Å²) < 4.78 is 5.28. The maximum atomic E-state index is 12.3. The van der Waals surface area contributed by atoms with E-state index in [1.807, 2.05) is 18.4 Å². The number of rotatable bonds is 4. The van der Waals surface area contributed by atoms with Gasteiger partial charge in [0.1, 0.15) is 0 Å². The third kappa shape index (κ3) is 2.74. The molecule has 0 atom stereocenters. The van der Waals surface area contributed by atoms with Crippen molar-refractivity contribution in [2.75, 3.05) is 19.8 Å². The predicted molar refractivity (Wildman–Crippen MR) is 71.0 cm³/mol. The second kappa shape index (κ2) is 5.82. The first-order valence-electron chi connectivity index (χ1n) is 6.28. The summed E-state index contributed by atoms with van der Waals surface area (Å²) in [6.07, 6.45) is 2.19. The number of carbonyl (C=O) groups excluding carboxylic acids is 1. The van der Waals surface area contributed by atoms with Gasteiger partial charge >= 0.3 is 0 Å². The lowest BCUT2D eigenvalue weighted by Crippen LogP contribution is -2.54. The number of amides is 1. The Labute approximate surface area is 111 Å². The quantitative estimate of drug-likeness (QED) is 0.872. The molecule has 2 heterocycles. The fourth-order valence-corrected chi connectivity index (χ4v) is 3.09. The maximum absolute atomic E-state index is 12.3. The van der Waals surface area contributed by atoms with Gasteiger partial charge in [0, 0.05) is 13.2 Å². The summed E-state index contributed by atoms with van der Waals surface area (Å²) in [5.41, 5.74) is 0.558. The molecule has 1 aromatic heterocycles. The number of aliphatic hydroxyl groups excluding tert-OH is 1. The zero-order valence-electron chi connectivity index (χ0n) is 10.6. The van der Waals surface area contributed by atoms with E-state index in [2.05, 4.69) is 5.32 Å². The van der Waals surface area contributed by atoms with E-state index in [1.165, 1.54) is 11.3 Å². The molecule has 1 saturated heterocycles. The number of hydrogen-bond donors (Lipinski definition) is 2. The number of hydrogen-bond acceptors (Lipinski definition) is 4. The molecular weight excluding hydrogens is 250 g/mol. The summed E-state index contributed by atoms with van der Waals surface area (Å²) >= 11 is 1.46. The third-order valence-corrected chi connectivity index (χ3v) is 4.42. The molecule has 1 fully saturated rings. The maximum Gasteiger partial charge on any atom is 0.262 e. The minimum absolute atomic E-state index is 0.0328. The van der Waals surface area contributed by atoms with Crippen molar-refractivity contribution in [3.63, 3.8) is 0 Å². The second-order valence-electron chi connectivity index (χ2n) is 4.63. The van der Waals surface area contributed by atoms with Gasteiger partial charge in [-0.25, -0.2) is 0 Å². The van der Waals surface area contributed by atoms with E-state index >= 15 is 0 Å². The number of aliphatic hydroxyl groups is 1. The van der Waals surface area contributed by atoms with Crippen LogP contribution >= 0.6 is 11.3 Å². The van der Waals surface area contributed by atoms with Crippen LogP contribution in [0.2, 0.25) is 0 Å². The highest BCUT2D eigenvalue weighted by molar-refractivity contribution is 7.12. The molecule has 0 saturated carbocycles. The molecular formula is C13H19NO3S. The molecule has 0 aromatic carbocycles. The van der Waals surface area contributed by atoms with Crippen molar-refractivity contribution >= 4 is 17.2 Å². The lowest BCUT2D eigenvalue weighted by Gasteiger charge is -2.36. The first kappa shape index (κ1) is 13.5. The van der Waals surface area contributed by atoms with Gasteiger partial charge in [-0.3, -0.25) is 4.79 Å². The van der Waals surface area contributed by atoms with Gasteiger partial charge in [0.15, 0.2) is 0 Å². The van der Waals surface area contributed by atoms with E-state index in [1.54, 1.807) is 0 Å². The topological polar surface area (TPSA) is 58.6 Å². The average molecular weight is 269 g/mol. The van der Waals surface area contributed by atoms with Crippen LogP contribution in [0, 0.1) is 0 Å². The minimum Gasteiger partial charge on any atom is -0.394 e. The number of thiophene rings is 1. The summed E-state index contributed by atoms with van der Waals surface area (Å²) in [7, 11) is 0. The highest BCUT2D eigenvalue weighted by Crippen LogP contribution is 2.23. The van der Waals surface area contributed by atoms with Crippen LogP contribution in [0.3, 0.4) is 0 Å². The summed E-state index contributed by atoms with van der Waals surface area (Å²) in [4.78, 5) is 13.0. The first-order valence-corrected chi connectivity index (χ1v) is 7.16. The van der Waals surface area contributed by atoms with Crippen LogP contribution in [0.5, 0.6) is 0 Å². The number of nitrogens with one attached hydrogen (secondary N) is 1. The highest BCUT2D eigenvalue weighted by atomic mass is 32.1. The van der Waals surface area contributed by atoms with Gasteiger partial charge < -0.3 is 15.2 Å². The van der Waals surface area contributed by atoms with E-state index in [9.17, 15) is 9.90 Å². The van der Waals surface area contributed by atoms with Crippen molar-refractivity contribution in [2.24, 2.45) is 0 Å². The molecule has 2 rings (SSSR count). The summed E-state index contributed by atoms with van der Waals surface area (Å²) in [6.45, 7) is 3.18. The second-order valence-corrected chi connectivity index (χ2v) is 5.55. The van der Waals surface area contributed by atoms with Crippen LogP contribution in [0.25, 0.3) is 0 Å². The standard InChI is InChI=1S/C13H19NO3S/c1-2-10-3-8-18-11(10)12(16)14-13(9-15)4-6-17-7-5-13/h3,8,15H,2,4-7,9H2,1H3,(H,14,16). The summed E-state index contributed by atoms with van der Waals surface area (Å²) in [6, 6.07) is 1.98. The third-order valence-electron chi connectivity index (χ3n) is 3.47. The Hall–Kier alpha value is -0.910. The fraction of sp³-hybridized carbons (Fsp3) is 0.615. The predicted octanol–water partition coefficient (Wildman–Crippen LogP) is 1.58. The number of ether oxygens (including phenoxy) is 1. The molecule has 100 valence electrons. The van der Waals surface area contributed by atoms with Crippen LogP contribution in [-0.4, -0.2) is 36.4 Å². The zero-order chi connectivity index (χ0) is 13.0. The van der Waals surface area contributed by atoms with Gasteiger partial charge in [-0.05, 0) is 36.3 Å². The fourth-order valence-electron chi connectivity index (χ4n) is 2.20. The molecule has 0 spiro atoms. The van der Waals surface area contributed by atoms with Gasteiger partial charge in [0.25, 0.3) is 5.91 Å². The van der Waals surface area contributed by atoms with Crippen LogP contribution in [0.1, 0.15) is 35.0 Å². The Balaban J connectivity index is 2.10. The van der Waals surface area contributed by atoms with Gasteiger partial charge in [-0.2, -0.15) is 0 Å². The number of aryl methyl sites for hydroxylation is 1. The molecule has 1 aliphatic heterocycles. The van der Waals surface area contributed by atoms with Gasteiger partial charge in [0.2, 0.25) is 0 Å². The van der Waals surface area contributed by atoms with Crippen LogP contribution < -0.4 is 5.32 Å². The number of carbonyl (C=O) groups is 1. The van der Waals surface area contributed by atoms with E-state index in [0.717, 1.165) is 16.9 Å². The largest absolute Gasteiger partial charge is 0.394 e.